The van der Waals surface area contributed by atoms with Crippen molar-refractivity contribution in [2.75, 3.05) is 13.2 Å². The molecule has 0 aliphatic rings. The largest absolute Gasteiger partial charge is 0.462 e. The fourth-order valence-electron chi connectivity index (χ4n) is 8.73. The van der Waals surface area contributed by atoms with Gasteiger partial charge in [0, 0.05) is 19.3 Å². The Morgan fingerprint density at radius 1 is 0.288 bits per heavy atom. The number of hydrogen-bond acceptors (Lipinski definition) is 6. The van der Waals surface area contributed by atoms with Crippen molar-refractivity contribution >= 4 is 17.9 Å². The summed E-state index contributed by atoms with van der Waals surface area (Å²) in [5.74, 6) is -0.864. The van der Waals surface area contributed by atoms with Crippen LogP contribution in [-0.4, -0.2) is 37.2 Å². The standard InChI is InChI=1S/C60H112O6/c1-4-7-10-13-16-18-20-22-24-26-28-29-30-31-32-34-35-37-39-41-44-47-50-53-59(62)65-56-57(55-64-58(61)52-49-46-43-15-12-9-6-3)66-60(63)54-51-48-45-42-40-38-36-33-27-25-23-21-19-17-14-11-8-5-2/h25-28,57H,4-24,29-56H2,1-3H3/b27-25-,28-26-. The molecule has 0 rings (SSSR count). The van der Waals surface area contributed by atoms with Gasteiger partial charge < -0.3 is 14.2 Å². The van der Waals surface area contributed by atoms with Crippen LogP contribution in [0.15, 0.2) is 24.3 Å². The van der Waals surface area contributed by atoms with Gasteiger partial charge in [0.15, 0.2) is 6.10 Å². The predicted molar refractivity (Wildman–Crippen MR) is 284 cm³/mol. The maximum atomic E-state index is 12.8. The van der Waals surface area contributed by atoms with E-state index in [1.54, 1.807) is 0 Å². The second kappa shape index (κ2) is 55.5. The van der Waals surface area contributed by atoms with Crippen LogP contribution < -0.4 is 0 Å². The quantitative estimate of drug-likeness (QED) is 0.0262. The number of allylic oxidation sites excluding steroid dienone is 4. The molecule has 0 fully saturated rings. The number of carbonyl (C=O) groups is 3. The molecule has 6 nitrogen and oxygen atoms in total. The molecule has 6 heteroatoms. The minimum absolute atomic E-state index is 0.0698. The lowest BCUT2D eigenvalue weighted by Gasteiger charge is -2.18. The van der Waals surface area contributed by atoms with Crippen LogP contribution in [0.1, 0.15) is 323 Å². The molecule has 1 atom stereocenters. The maximum Gasteiger partial charge on any atom is 0.306 e. The summed E-state index contributed by atoms with van der Waals surface area (Å²) in [6.07, 6.45) is 64.8. The smallest absolute Gasteiger partial charge is 0.306 e. The maximum absolute atomic E-state index is 12.8. The average Bonchev–Trinajstić information content (AvgIpc) is 3.31. The Balaban J connectivity index is 4.14. The fraction of sp³-hybridized carbons (Fsp3) is 0.883. The van der Waals surface area contributed by atoms with Crippen LogP contribution in [0.5, 0.6) is 0 Å². The number of ether oxygens (including phenoxy) is 3. The molecule has 0 amide bonds. The SMILES string of the molecule is CCCCCCCCC/C=C\CCCCCCCCCC(=O)OC(COC(=O)CCCCCCCCC)COC(=O)CCCCCCCCCCCCC/C=C\CCCCCCCCCC. The van der Waals surface area contributed by atoms with Crippen molar-refractivity contribution in [3.8, 4) is 0 Å². The fourth-order valence-corrected chi connectivity index (χ4v) is 8.73. The monoisotopic (exact) mass is 929 g/mol. The first-order valence-corrected chi connectivity index (χ1v) is 29.3. The third-order valence-corrected chi connectivity index (χ3v) is 13.2. The van der Waals surface area contributed by atoms with Crippen molar-refractivity contribution in [2.24, 2.45) is 0 Å². The summed E-state index contributed by atoms with van der Waals surface area (Å²) in [5.41, 5.74) is 0. The van der Waals surface area contributed by atoms with Crippen molar-refractivity contribution < 1.29 is 28.6 Å². The first-order valence-electron chi connectivity index (χ1n) is 29.3. The van der Waals surface area contributed by atoms with E-state index in [4.69, 9.17) is 14.2 Å². The third-order valence-electron chi connectivity index (χ3n) is 13.2. The molecule has 388 valence electrons. The Hall–Kier alpha value is -2.11. The highest BCUT2D eigenvalue weighted by Crippen LogP contribution is 2.16. The van der Waals surface area contributed by atoms with Gasteiger partial charge in [-0.25, -0.2) is 0 Å². The van der Waals surface area contributed by atoms with Crippen molar-refractivity contribution in [3.05, 3.63) is 24.3 Å². The van der Waals surface area contributed by atoms with Crippen molar-refractivity contribution in [2.45, 2.75) is 329 Å². The minimum Gasteiger partial charge on any atom is -0.462 e. The zero-order valence-electron chi connectivity index (χ0n) is 44.5. The number of carbonyl (C=O) groups excluding carboxylic acids is 3. The minimum atomic E-state index is -0.768. The van der Waals surface area contributed by atoms with Gasteiger partial charge in [0.25, 0.3) is 0 Å². The van der Waals surface area contributed by atoms with Gasteiger partial charge in [-0.15, -0.1) is 0 Å². The lowest BCUT2D eigenvalue weighted by Crippen LogP contribution is -2.30. The van der Waals surface area contributed by atoms with Gasteiger partial charge in [-0.05, 0) is 70.6 Å². The van der Waals surface area contributed by atoms with Crippen molar-refractivity contribution in [1.29, 1.82) is 0 Å². The summed E-state index contributed by atoms with van der Waals surface area (Å²) >= 11 is 0. The summed E-state index contributed by atoms with van der Waals surface area (Å²) < 4.78 is 16.8. The molecular formula is C60H112O6. The van der Waals surface area contributed by atoms with Gasteiger partial charge in [-0.3, -0.25) is 14.4 Å². The van der Waals surface area contributed by atoms with E-state index < -0.39 is 6.10 Å². The normalized spacial score (nSPS) is 12.1. The van der Waals surface area contributed by atoms with Gasteiger partial charge in [-0.1, -0.05) is 257 Å². The molecule has 0 spiro atoms. The van der Waals surface area contributed by atoms with Crippen LogP contribution in [0.25, 0.3) is 0 Å². The Labute approximate surface area is 411 Å². The van der Waals surface area contributed by atoms with Crippen molar-refractivity contribution in [3.63, 3.8) is 0 Å². The molecule has 1 unspecified atom stereocenters. The molecule has 0 aliphatic heterocycles. The van der Waals surface area contributed by atoms with Gasteiger partial charge in [0.05, 0.1) is 0 Å². The van der Waals surface area contributed by atoms with E-state index in [0.29, 0.717) is 19.3 Å². The first-order chi connectivity index (χ1) is 32.5. The summed E-state index contributed by atoms with van der Waals surface area (Å²) in [5, 5.41) is 0. The number of esters is 3. The summed E-state index contributed by atoms with van der Waals surface area (Å²) in [6, 6.07) is 0. The van der Waals surface area contributed by atoms with E-state index in [9.17, 15) is 14.4 Å². The molecule has 0 aliphatic carbocycles. The molecule has 66 heavy (non-hydrogen) atoms. The average molecular weight is 930 g/mol. The number of hydrogen-bond donors (Lipinski definition) is 0. The molecule has 0 aromatic carbocycles. The van der Waals surface area contributed by atoms with E-state index in [-0.39, 0.29) is 31.1 Å². The Morgan fingerprint density at radius 2 is 0.500 bits per heavy atom. The summed E-state index contributed by atoms with van der Waals surface area (Å²) in [7, 11) is 0. The number of rotatable bonds is 54. The summed E-state index contributed by atoms with van der Waals surface area (Å²) in [4.78, 5) is 37.9. The van der Waals surface area contributed by atoms with Gasteiger partial charge >= 0.3 is 17.9 Å². The van der Waals surface area contributed by atoms with Crippen molar-refractivity contribution in [1.82, 2.24) is 0 Å². The predicted octanol–water partition coefficient (Wildman–Crippen LogP) is 19.5. The highest BCUT2D eigenvalue weighted by atomic mass is 16.6. The highest BCUT2D eigenvalue weighted by Gasteiger charge is 2.19. The lowest BCUT2D eigenvalue weighted by atomic mass is 10.0. The van der Waals surface area contributed by atoms with Gasteiger partial charge in [0.1, 0.15) is 13.2 Å². The molecule has 0 N–H and O–H groups in total. The molecule has 0 saturated carbocycles. The topological polar surface area (TPSA) is 78.9 Å². The second-order valence-electron chi connectivity index (χ2n) is 19.9. The first kappa shape index (κ1) is 63.9. The molecule has 0 saturated heterocycles. The van der Waals surface area contributed by atoms with E-state index in [2.05, 4.69) is 45.1 Å². The number of unbranched alkanes of at least 4 members (excludes halogenated alkanes) is 39. The van der Waals surface area contributed by atoms with Gasteiger partial charge in [-0.2, -0.15) is 0 Å². The molecule has 0 bridgehead atoms. The second-order valence-corrected chi connectivity index (χ2v) is 19.9. The van der Waals surface area contributed by atoms with E-state index in [0.717, 1.165) is 57.8 Å². The molecule has 0 heterocycles. The van der Waals surface area contributed by atoms with E-state index >= 15 is 0 Å². The zero-order valence-corrected chi connectivity index (χ0v) is 44.5. The Bertz CT molecular complexity index is 1070. The molecule has 0 aromatic heterocycles. The Kier molecular flexibility index (Phi) is 53.7. The van der Waals surface area contributed by atoms with Crippen LogP contribution in [0.2, 0.25) is 0 Å². The zero-order chi connectivity index (χ0) is 47.9. The molecule has 0 radical (unpaired) electrons. The van der Waals surface area contributed by atoms with Crippen LogP contribution in [0, 0.1) is 0 Å². The molecule has 0 aromatic rings. The van der Waals surface area contributed by atoms with E-state index in [1.807, 2.05) is 0 Å². The van der Waals surface area contributed by atoms with E-state index in [1.165, 1.54) is 225 Å². The van der Waals surface area contributed by atoms with Crippen LogP contribution >= 0.6 is 0 Å². The van der Waals surface area contributed by atoms with Crippen LogP contribution in [-0.2, 0) is 28.6 Å². The molecular weight excluding hydrogens is 817 g/mol. The van der Waals surface area contributed by atoms with Crippen LogP contribution in [0.4, 0.5) is 0 Å². The summed E-state index contributed by atoms with van der Waals surface area (Å²) in [6.45, 7) is 6.63. The lowest BCUT2D eigenvalue weighted by molar-refractivity contribution is -0.167. The Morgan fingerprint density at radius 3 is 0.758 bits per heavy atom. The highest BCUT2D eigenvalue weighted by molar-refractivity contribution is 5.71. The van der Waals surface area contributed by atoms with Gasteiger partial charge in [0.2, 0.25) is 0 Å². The van der Waals surface area contributed by atoms with Crippen LogP contribution in [0.3, 0.4) is 0 Å². The third kappa shape index (κ3) is 52.9.